The first-order valence-corrected chi connectivity index (χ1v) is 34.5. The number of anilines is 2. The number of carbonyl (C=O) groups excluding carboxylic acids is 2. The van der Waals surface area contributed by atoms with Crippen molar-refractivity contribution in [3.05, 3.63) is 149 Å². The Labute approximate surface area is 617 Å². The molecule has 0 N–H and O–H groups in total. The van der Waals surface area contributed by atoms with Crippen LogP contribution in [0, 0.1) is 0 Å². The Hall–Kier alpha value is -2.84. The van der Waals surface area contributed by atoms with Gasteiger partial charge < -0.3 is 42.8 Å². The summed E-state index contributed by atoms with van der Waals surface area (Å²) in [5, 5.41) is 14.9. The third kappa shape index (κ3) is 20.8. The van der Waals surface area contributed by atoms with E-state index in [1.807, 2.05) is 55.2 Å². The topological polar surface area (TPSA) is 320 Å². The summed E-state index contributed by atoms with van der Waals surface area (Å²) in [6.07, 6.45) is 14.1. The van der Waals surface area contributed by atoms with Crippen molar-refractivity contribution in [1.29, 1.82) is 0 Å². The average Bonchev–Trinajstić information content (AvgIpc) is 1.59. The Bertz CT molecular complexity index is 3940. The summed E-state index contributed by atoms with van der Waals surface area (Å²) in [6.45, 7) is 9.09. The normalized spacial score (nSPS) is 17.4. The van der Waals surface area contributed by atoms with Gasteiger partial charge in [-0.3, -0.25) is 14.5 Å². The molecule has 0 spiro atoms. The largest absolute Gasteiger partial charge is 1.00 e. The first-order valence-electron chi connectivity index (χ1n) is 28.4. The summed E-state index contributed by atoms with van der Waals surface area (Å²) in [6, 6.07) is 22.9. The van der Waals surface area contributed by atoms with Gasteiger partial charge in [0.05, 0.1) is 47.2 Å². The van der Waals surface area contributed by atoms with Gasteiger partial charge in [-0.25, -0.2) is 33.7 Å². The van der Waals surface area contributed by atoms with Crippen molar-refractivity contribution in [3.63, 3.8) is 0 Å². The van der Waals surface area contributed by atoms with E-state index < -0.39 is 85.3 Å². The van der Waals surface area contributed by atoms with Crippen molar-refractivity contribution < 1.29 is 194 Å². The van der Waals surface area contributed by atoms with Crippen LogP contribution in [0.1, 0.15) is 103 Å². The molecule has 1 aliphatic carbocycles. The van der Waals surface area contributed by atoms with Gasteiger partial charge >= 0.3 is 118 Å². The minimum Gasteiger partial charge on any atom is -0.862 e. The van der Waals surface area contributed by atoms with Gasteiger partial charge in [0.1, 0.15) is 28.2 Å². The van der Waals surface area contributed by atoms with E-state index in [0.29, 0.717) is 61.5 Å². The Morgan fingerprint density at radius 2 is 1.30 bits per heavy atom. The molecule has 0 aromatic heterocycles. The number of rotatable bonds is 28. The molecule has 0 saturated carbocycles. The van der Waals surface area contributed by atoms with Crippen molar-refractivity contribution in [2.75, 3.05) is 66.3 Å². The van der Waals surface area contributed by atoms with E-state index in [0.717, 1.165) is 55.8 Å². The molecule has 0 unspecified atom stereocenters. The number of aliphatic imine (C=N–C) groups is 1. The number of ether oxygens (including phenoxy) is 1. The number of carbonyl (C=O) groups is 2. The number of amides is 2. The van der Waals surface area contributed by atoms with Crippen LogP contribution in [0.2, 0.25) is 0 Å². The molecule has 8 rings (SSSR count). The van der Waals surface area contributed by atoms with Crippen molar-refractivity contribution in [2.45, 2.75) is 108 Å². The smallest absolute Gasteiger partial charge is 0.862 e. The minimum absolute atomic E-state index is 0. The minimum atomic E-state index is -4.79. The molecule has 0 fully saturated rings. The van der Waals surface area contributed by atoms with Gasteiger partial charge in [0.15, 0.2) is 5.71 Å². The Morgan fingerprint density at radius 1 is 0.678 bits per heavy atom. The fourth-order valence-electron chi connectivity index (χ4n) is 11.7. The Morgan fingerprint density at radius 3 is 1.92 bits per heavy atom. The number of hydrogen-bond donors (Lipinski definition) is 0. The molecule has 21 nitrogen and oxygen atoms in total. The summed E-state index contributed by atoms with van der Waals surface area (Å²) >= 11 is 0. The SMILES string of the molecule is CC1(C)C(/C=C/C2=C(Oc3ccc(S(=O)(=O)[O-])cc3)C(=C/C=C3/N(CCCS(=O)(=O)[O-])c4ccc(N(CCCS(=O)(=O)[O-])CCCS(=O)(=O)[O-])cc4C3(C)C)/CCC2)=[N+](CCCCCC([O-])=NCCN2C(=O)C=CC2=O)c2ccc3ccccc3c21.[Na+].[Na+].[Na+].[Na+]. The summed E-state index contributed by atoms with van der Waals surface area (Å²) < 4.78 is 150. The van der Waals surface area contributed by atoms with E-state index in [4.69, 9.17) is 4.74 Å². The molecule has 2 amide bonds. The first-order chi connectivity index (χ1) is 40.4. The maximum Gasteiger partial charge on any atom is 1.00 e. The number of nitrogens with zero attached hydrogens (tertiary/aromatic N) is 5. The second kappa shape index (κ2) is 33.7. The van der Waals surface area contributed by atoms with Crippen LogP contribution in [0.4, 0.5) is 17.1 Å². The Balaban J connectivity index is 0.00000432. The molecule has 3 aliphatic heterocycles. The number of unbranched alkanes of at least 4 members (excludes halogenated alkanes) is 2. The maximum absolute atomic E-state index is 12.7. The van der Waals surface area contributed by atoms with Gasteiger partial charge in [-0.05, 0) is 166 Å². The molecule has 4 aromatic rings. The number of benzene rings is 4. The van der Waals surface area contributed by atoms with E-state index in [1.54, 1.807) is 17.0 Å². The van der Waals surface area contributed by atoms with Crippen LogP contribution in [0.5, 0.6) is 5.75 Å². The van der Waals surface area contributed by atoms with Gasteiger partial charge in [0.2, 0.25) is 5.69 Å². The predicted molar refractivity (Wildman–Crippen MR) is 321 cm³/mol. The quantitative estimate of drug-likeness (QED) is 0.00975. The number of allylic oxidation sites excluding steroid dienone is 7. The van der Waals surface area contributed by atoms with Gasteiger partial charge in [-0.15, -0.1) is 0 Å². The molecular formula is C61H69N5Na4O16S4. The van der Waals surface area contributed by atoms with Crippen LogP contribution in [-0.2, 0) is 60.9 Å². The first kappa shape index (κ1) is 79.6. The molecule has 0 bridgehead atoms. The molecule has 90 heavy (non-hydrogen) atoms. The van der Waals surface area contributed by atoms with E-state index in [9.17, 15) is 66.6 Å². The van der Waals surface area contributed by atoms with Crippen molar-refractivity contribution >= 4 is 91.7 Å². The molecular weight excluding hydrogens is 1280 g/mol. The van der Waals surface area contributed by atoms with Crippen molar-refractivity contribution in [2.24, 2.45) is 4.99 Å². The number of imide groups is 1. The van der Waals surface area contributed by atoms with E-state index >= 15 is 0 Å². The van der Waals surface area contributed by atoms with Crippen LogP contribution in [0.25, 0.3) is 10.8 Å². The molecule has 4 aliphatic rings. The van der Waals surface area contributed by atoms with Crippen molar-refractivity contribution in [1.82, 2.24) is 4.90 Å². The third-order valence-electron chi connectivity index (χ3n) is 15.9. The Kier molecular flexibility index (Phi) is 29.8. The molecule has 0 atom stereocenters. The van der Waals surface area contributed by atoms with Gasteiger partial charge in [0, 0.05) is 102 Å². The van der Waals surface area contributed by atoms with E-state index in [2.05, 4.69) is 53.8 Å². The van der Waals surface area contributed by atoms with Gasteiger partial charge in [-0.1, -0.05) is 44.2 Å². The summed E-state index contributed by atoms with van der Waals surface area (Å²) in [7, 11) is -18.6. The predicted octanol–water partition coefficient (Wildman–Crippen LogP) is -5.33. The summed E-state index contributed by atoms with van der Waals surface area (Å²) in [4.78, 5) is 32.1. The van der Waals surface area contributed by atoms with Gasteiger partial charge in [0.25, 0.3) is 11.8 Å². The van der Waals surface area contributed by atoms with Crippen LogP contribution in [-0.4, -0.2) is 141 Å². The number of fused-ring (bicyclic) bond motifs is 4. The fraction of sp³-hybridized carbons (Fsp3) is 0.410. The standard InChI is InChI=1S/C61H73N5O16S4.4Na/c1-60(2)50-42-46(63(34-11-39-83(70,71)72)35-12-40-84(73,74)75)22-28-51(50)64(37-13-41-85(76,77)78)53(60)29-20-44-15-10-16-45(59(44)82-47-23-25-48(26-24-47)86(79,80)81)21-30-54-61(3,4)58-49-17-8-7-14-43(49)19-27-52(58)65(54)36-9-5-6-18-55(67)62-33-38-66-56(68)31-32-57(66)69;;;;/h7-8,14,17,19-32,42H,5-6,9-13,15-16,18,33-41H2,1-4H3,(H4-,62,67,70,71,72,73,74,75,76,77,78,79,80,81);;;;/q;4*+1/p-4. The zero-order valence-corrected chi connectivity index (χ0v) is 63.6. The zero-order chi connectivity index (χ0) is 62.4. The maximum atomic E-state index is 12.7. The van der Waals surface area contributed by atoms with Crippen LogP contribution < -0.4 is 138 Å². The molecule has 29 heteroatoms. The van der Waals surface area contributed by atoms with Crippen LogP contribution in [0.3, 0.4) is 0 Å². The third-order valence-corrected chi connectivity index (χ3v) is 19.1. The molecule has 0 saturated heterocycles. The fourth-order valence-corrected chi connectivity index (χ4v) is 13.7. The van der Waals surface area contributed by atoms with Gasteiger partial charge in [-0.2, -0.15) is 4.58 Å². The number of hydrogen-bond acceptors (Lipinski definition) is 19. The molecule has 4 aromatic carbocycles. The summed E-state index contributed by atoms with van der Waals surface area (Å²) in [5.41, 5.74) is 5.99. The van der Waals surface area contributed by atoms with Crippen molar-refractivity contribution in [3.8, 4) is 5.75 Å². The monoisotopic (exact) mass is 1350 g/mol. The van der Waals surface area contributed by atoms with Crippen LogP contribution >= 0.6 is 0 Å². The molecule has 3 heterocycles. The van der Waals surface area contributed by atoms with E-state index in [1.165, 1.54) is 36.4 Å². The molecule has 0 radical (unpaired) electrons. The van der Waals surface area contributed by atoms with Crippen LogP contribution in [0.15, 0.2) is 148 Å². The van der Waals surface area contributed by atoms with E-state index in [-0.39, 0.29) is 188 Å². The molecule has 462 valence electrons. The second-order valence-corrected chi connectivity index (χ2v) is 28.7. The second-order valence-electron chi connectivity index (χ2n) is 22.7. The average molecular weight is 1350 g/mol. The summed E-state index contributed by atoms with van der Waals surface area (Å²) in [5.74, 6) is -2.44. The zero-order valence-electron chi connectivity index (χ0n) is 52.3.